The van der Waals surface area contributed by atoms with Gasteiger partial charge in [-0.1, -0.05) is 20.8 Å². The average molecular weight is 143 g/mol. The molecule has 0 aromatic heterocycles. The minimum Gasteiger partial charge on any atom is -0.449 e. The predicted molar refractivity (Wildman–Crippen MR) is 36.1 cm³/mol. The Bertz CT molecular complexity index is 132. The zero-order valence-corrected chi connectivity index (χ0v) is 6.43. The zero-order chi connectivity index (χ0) is 8.20. The second-order valence-electron chi connectivity index (χ2n) is 3.05. The van der Waals surface area contributed by atoms with Crippen LogP contribution in [0.15, 0.2) is 0 Å². The molecule has 0 saturated heterocycles. The molecule has 0 aliphatic rings. The summed E-state index contributed by atoms with van der Waals surface area (Å²) in [5.74, 6) is -0.101. The highest BCUT2D eigenvalue weighted by Crippen LogP contribution is 2.13. The van der Waals surface area contributed by atoms with Crippen molar-refractivity contribution in [3.8, 4) is 0 Å². The Kier molecular flexibility index (Phi) is 3.06. The fraction of sp³-hybridized carbons (Fsp3) is 0.714. The van der Waals surface area contributed by atoms with Crippen molar-refractivity contribution in [1.29, 1.82) is 0 Å². The quantitative estimate of drug-likeness (QED) is 0.583. The van der Waals surface area contributed by atoms with Crippen molar-refractivity contribution < 1.29 is 14.3 Å². The number of ether oxygens (including phenoxy) is 1. The van der Waals surface area contributed by atoms with Crippen LogP contribution >= 0.6 is 0 Å². The van der Waals surface area contributed by atoms with Gasteiger partial charge < -0.3 is 4.74 Å². The molecule has 3 heteroatoms. The first-order valence-corrected chi connectivity index (χ1v) is 3.00. The van der Waals surface area contributed by atoms with E-state index in [1.165, 1.54) is 6.47 Å². The van der Waals surface area contributed by atoms with E-state index >= 15 is 0 Å². The summed E-state index contributed by atoms with van der Waals surface area (Å²) in [6.45, 7) is 6.33. The molecule has 0 rings (SSSR count). The van der Waals surface area contributed by atoms with E-state index in [0.29, 0.717) is 0 Å². The highest BCUT2D eigenvalue weighted by molar-refractivity contribution is 5.85. The summed E-state index contributed by atoms with van der Waals surface area (Å²) in [6, 6.07) is 0. The molecule has 0 bridgehead atoms. The Morgan fingerprint density at radius 3 is 2.30 bits per heavy atom. The lowest BCUT2D eigenvalue weighted by Crippen LogP contribution is -2.24. The van der Waals surface area contributed by atoms with Crippen LogP contribution in [0.1, 0.15) is 20.8 Å². The monoisotopic (exact) mass is 143 g/mol. The molecule has 0 aliphatic heterocycles. The Morgan fingerprint density at radius 1 is 1.50 bits per heavy atom. The van der Waals surface area contributed by atoms with Crippen LogP contribution in [-0.2, 0) is 14.3 Å². The summed E-state index contributed by atoms with van der Waals surface area (Å²) < 4.78 is 4.17. The van der Waals surface area contributed by atoms with Gasteiger partial charge in [-0.15, -0.1) is 0 Å². The van der Waals surface area contributed by atoms with Gasteiger partial charge in [0.1, 0.15) is 0 Å². The summed E-state index contributed by atoms with van der Waals surface area (Å²) in [6.07, 6.45) is 0. The number of hydrogen-bond acceptors (Lipinski definition) is 3. The van der Waals surface area contributed by atoms with Crippen molar-refractivity contribution in [3.63, 3.8) is 0 Å². The topological polar surface area (TPSA) is 43.4 Å². The van der Waals surface area contributed by atoms with E-state index in [4.69, 9.17) is 0 Å². The molecule has 0 spiro atoms. The van der Waals surface area contributed by atoms with E-state index in [1.807, 2.05) is 0 Å². The van der Waals surface area contributed by atoms with Gasteiger partial charge in [0.15, 0.2) is 12.4 Å². The maximum Gasteiger partial charge on any atom is 0.417 e. The first-order valence-electron chi connectivity index (χ1n) is 3.00. The van der Waals surface area contributed by atoms with E-state index in [2.05, 4.69) is 4.74 Å². The van der Waals surface area contributed by atoms with Gasteiger partial charge in [0.25, 0.3) is 0 Å². The van der Waals surface area contributed by atoms with Crippen LogP contribution in [0.3, 0.4) is 0 Å². The Labute approximate surface area is 60.4 Å². The third kappa shape index (κ3) is 3.22. The maximum absolute atomic E-state index is 10.9. The zero-order valence-electron chi connectivity index (χ0n) is 6.43. The van der Waals surface area contributed by atoms with Gasteiger partial charge in [0, 0.05) is 5.41 Å². The highest BCUT2D eigenvalue weighted by atomic mass is 16.5. The summed E-state index contributed by atoms with van der Waals surface area (Å²) >= 11 is 0. The van der Waals surface area contributed by atoms with Gasteiger partial charge in [-0.05, 0) is 0 Å². The standard InChI is InChI=1S/C7H11O3/c1-7(2,3)6(9)4-10-5-8/h4H2,1-3H3. The van der Waals surface area contributed by atoms with Gasteiger partial charge >= 0.3 is 6.47 Å². The second kappa shape index (κ2) is 3.34. The first-order chi connectivity index (χ1) is 4.48. The molecule has 0 atom stereocenters. The molecule has 0 saturated carbocycles. The fourth-order valence-corrected chi connectivity index (χ4v) is 0.312. The summed E-state index contributed by atoms with van der Waals surface area (Å²) in [7, 11) is 0. The summed E-state index contributed by atoms with van der Waals surface area (Å²) in [5, 5.41) is 0. The van der Waals surface area contributed by atoms with E-state index in [-0.39, 0.29) is 12.4 Å². The molecule has 0 N–H and O–H groups in total. The van der Waals surface area contributed by atoms with Crippen molar-refractivity contribution >= 4 is 12.3 Å². The third-order valence-electron chi connectivity index (χ3n) is 1.10. The van der Waals surface area contributed by atoms with Gasteiger partial charge in [-0.2, -0.15) is 0 Å². The Balaban J connectivity index is 3.74. The molecule has 0 unspecified atom stereocenters. The highest BCUT2D eigenvalue weighted by Gasteiger charge is 2.20. The normalized spacial score (nSPS) is 10.7. The van der Waals surface area contributed by atoms with Crippen LogP contribution in [0.4, 0.5) is 0 Å². The molecule has 1 radical (unpaired) electrons. The van der Waals surface area contributed by atoms with Gasteiger partial charge in [0.05, 0.1) is 0 Å². The molecule has 0 heterocycles. The maximum atomic E-state index is 10.9. The number of hydrogen-bond donors (Lipinski definition) is 0. The lowest BCUT2D eigenvalue weighted by molar-refractivity contribution is -0.128. The van der Waals surface area contributed by atoms with Crippen molar-refractivity contribution in [2.75, 3.05) is 6.61 Å². The van der Waals surface area contributed by atoms with E-state index in [1.54, 1.807) is 20.8 Å². The molecular weight excluding hydrogens is 132 g/mol. The van der Waals surface area contributed by atoms with Crippen molar-refractivity contribution in [3.05, 3.63) is 0 Å². The van der Waals surface area contributed by atoms with Crippen LogP contribution in [0, 0.1) is 5.41 Å². The number of carbonyl (C=O) groups is 1. The largest absolute Gasteiger partial charge is 0.449 e. The lowest BCUT2D eigenvalue weighted by atomic mass is 9.91. The third-order valence-corrected chi connectivity index (χ3v) is 1.10. The number of rotatable bonds is 3. The molecule has 0 amide bonds. The van der Waals surface area contributed by atoms with E-state index < -0.39 is 5.41 Å². The molecule has 10 heavy (non-hydrogen) atoms. The van der Waals surface area contributed by atoms with Gasteiger partial charge in [0.2, 0.25) is 0 Å². The molecule has 0 aliphatic carbocycles. The number of carbonyl (C=O) groups excluding carboxylic acids is 2. The Morgan fingerprint density at radius 2 is 2.00 bits per heavy atom. The van der Waals surface area contributed by atoms with Gasteiger partial charge in [-0.3, -0.25) is 4.79 Å². The molecular formula is C7H11O3. The van der Waals surface area contributed by atoms with Crippen LogP contribution in [0.5, 0.6) is 0 Å². The predicted octanol–water partition coefficient (Wildman–Crippen LogP) is 0.685. The smallest absolute Gasteiger partial charge is 0.417 e. The van der Waals surface area contributed by atoms with Crippen LogP contribution in [-0.4, -0.2) is 18.9 Å². The number of Topliss-reactive ketones (excluding diaryl/α,β-unsaturated/α-hetero) is 1. The molecule has 57 valence electrons. The summed E-state index contributed by atoms with van der Waals surface area (Å²) in [4.78, 5) is 20.5. The van der Waals surface area contributed by atoms with Crippen LogP contribution in [0.2, 0.25) is 0 Å². The number of ketones is 1. The van der Waals surface area contributed by atoms with Crippen molar-refractivity contribution in [1.82, 2.24) is 0 Å². The lowest BCUT2D eigenvalue weighted by Gasteiger charge is -2.14. The molecule has 3 nitrogen and oxygen atoms in total. The molecule has 0 aromatic rings. The van der Waals surface area contributed by atoms with Crippen molar-refractivity contribution in [2.24, 2.45) is 5.41 Å². The van der Waals surface area contributed by atoms with Crippen LogP contribution < -0.4 is 0 Å². The molecule has 0 aromatic carbocycles. The van der Waals surface area contributed by atoms with Gasteiger partial charge in [-0.25, -0.2) is 4.79 Å². The average Bonchev–Trinajstić information content (AvgIpc) is 1.80. The van der Waals surface area contributed by atoms with E-state index in [0.717, 1.165) is 0 Å². The van der Waals surface area contributed by atoms with E-state index in [9.17, 15) is 9.59 Å². The molecule has 0 fully saturated rings. The fourth-order valence-electron chi connectivity index (χ4n) is 0.312. The second-order valence-corrected chi connectivity index (χ2v) is 3.05. The SMILES string of the molecule is CC(C)(C)C(=O)CO[C]=O. The Hall–Kier alpha value is -0.860. The van der Waals surface area contributed by atoms with Crippen LogP contribution in [0.25, 0.3) is 0 Å². The summed E-state index contributed by atoms with van der Waals surface area (Å²) in [5.41, 5.74) is -0.434. The first kappa shape index (κ1) is 9.14. The minimum atomic E-state index is -0.434. The van der Waals surface area contributed by atoms with Crippen molar-refractivity contribution in [2.45, 2.75) is 20.8 Å². The minimum absolute atomic E-state index is 0.101.